The Labute approximate surface area is 75.7 Å². The Morgan fingerprint density at radius 3 is 2.91 bits per heavy atom. The molecule has 0 amide bonds. The fourth-order valence-corrected chi connectivity index (χ4v) is 1.36. The van der Waals surface area contributed by atoms with Crippen LogP contribution in [-0.2, 0) is 9.47 Å². The lowest BCUT2D eigenvalue weighted by Gasteiger charge is -2.31. The third kappa shape index (κ3) is 2.83. The monoisotopic (exact) mass is 220 g/mol. The second-order valence-electron chi connectivity index (χ2n) is 2.92. The predicted molar refractivity (Wildman–Crippen MR) is 47.6 cm³/mol. The summed E-state index contributed by atoms with van der Waals surface area (Å²) < 4.78 is 10.9. The van der Waals surface area contributed by atoms with Gasteiger partial charge in [0.1, 0.15) is 0 Å². The van der Waals surface area contributed by atoms with Crippen molar-refractivity contribution in [2.24, 2.45) is 0 Å². The fraction of sp³-hybridized carbons (Fsp3) is 0.750. The Balaban J connectivity index is 2.49. The first kappa shape index (κ1) is 9.07. The zero-order valence-electron chi connectivity index (χ0n) is 6.89. The van der Waals surface area contributed by atoms with Crippen LogP contribution in [0, 0.1) is 0 Å². The van der Waals surface area contributed by atoms with Gasteiger partial charge in [-0.3, -0.25) is 0 Å². The van der Waals surface area contributed by atoms with E-state index in [1.807, 2.05) is 19.9 Å². The lowest BCUT2D eigenvalue weighted by molar-refractivity contribution is -0.197. The third-order valence-electron chi connectivity index (χ3n) is 1.46. The molecule has 1 rings (SSSR count). The molecule has 11 heavy (non-hydrogen) atoms. The molecule has 0 unspecified atom stereocenters. The Morgan fingerprint density at radius 1 is 1.64 bits per heavy atom. The average molecular weight is 221 g/mol. The minimum Gasteiger partial charge on any atom is -0.468 e. The summed E-state index contributed by atoms with van der Waals surface area (Å²) >= 11 is 3.36. The number of hydrogen-bond acceptors (Lipinski definition) is 2. The minimum atomic E-state index is -0.438. The van der Waals surface area contributed by atoms with Crippen LogP contribution in [0.2, 0.25) is 0 Å². The van der Waals surface area contributed by atoms with Gasteiger partial charge >= 0.3 is 0 Å². The van der Waals surface area contributed by atoms with Crippen molar-refractivity contribution in [1.29, 1.82) is 0 Å². The molecule has 1 heterocycles. The molecule has 0 N–H and O–H groups in total. The first-order valence-corrected chi connectivity index (χ1v) is 4.84. The summed E-state index contributed by atoms with van der Waals surface area (Å²) in [5, 5.41) is 0.939. The summed E-state index contributed by atoms with van der Waals surface area (Å²) in [5.41, 5.74) is 0. The number of rotatable bonds is 2. The second-order valence-corrected chi connectivity index (χ2v) is 3.72. The van der Waals surface area contributed by atoms with E-state index in [1.165, 1.54) is 0 Å². The van der Waals surface area contributed by atoms with Crippen LogP contribution >= 0.6 is 15.9 Å². The minimum absolute atomic E-state index is 0.438. The lowest BCUT2D eigenvalue weighted by Crippen LogP contribution is -2.31. The molecular formula is C8H13BrO2. The summed E-state index contributed by atoms with van der Waals surface area (Å²) in [6.45, 7) is 4.51. The van der Waals surface area contributed by atoms with Crippen molar-refractivity contribution >= 4 is 15.9 Å². The van der Waals surface area contributed by atoms with Gasteiger partial charge in [0, 0.05) is 25.6 Å². The predicted octanol–water partition coefficient (Wildman–Crippen LogP) is 2.44. The van der Waals surface area contributed by atoms with E-state index in [9.17, 15) is 0 Å². The van der Waals surface area contributed by atoms with Crippen molar-refractivity contribution in [2.45, 2.75) is 26.1 Å². The quantitative estimate of drug-likeness (QED) is 0.666. The van der Waals surface area contributed by atoms with Gasteiger partial charge in [0.25, 0.3) is 0 Å². The molecule has 2 nitrogen and oxygen atoms in total. The molecule has 0 aromatic rings. The zero-order valence-corrected chi connectivity index (χ0v) is 8.48. The van der Waals surface area contributed by atoms with E-state index in [0.29, 0.717) is 6.61 Å². The second kappa shape index (κ2) is 3.59. The van der Waals surface area contributed by atoms with E-state index in [4.69, 9.17) is 9.47 Å². The SMILES string of the molecule is CC1(C)OCC=C(CCBr)O1. The van der Waals surface area contributed by atoms with Crippen LogP contribution < -0.4 is 0 Å². The summed E-state index contributed by atoms with van der Waals surface area (Å²) in [6, 6.07) is 0. The first-order valence-electron chi connectivity index (χ1n) is 3.72. The maximum Gasteiger partial charge on any atom is 0.204 e. The topological polar surface area (TPSA) is 18.5 Å². The van der Waals surface area contributed by atoms with Gasteiger partial charge in [-0.15, -0.1) is 0 Å². The highest BCUT2D eigenvalue weighted by atomic mass is 79.9. The molecule has 0 aromatic carbocycles. The van der Waals surface area contributed by atoms with Crippen molar-refractivity contribution in [3.05, 3.63) is 11.8 Å². The Morgan fingerprint density at radius 2 is 2.36 bits per heavy atom. The van der Waals surface area contributed by atoms with E-state index in [-0.39, 0.29) is 0 Å². The highest BCUT2D eigenvalue weighted by molar-refractivity contribution is 9.09. The standard InChI is InChI=1S/C8H13BrO2/c1-8(2)10-6-4-7(11-8)3-5-9/h4H,3,5-6H2,1-2H3. The van der Waals surface area contributed by atoms with Crippen LogP contribution in [0.3, 0.4) is 0 Å². The molecule has 0 radical (unpaired) electrons. The normalized spacial score (nSPS) is 22.3. The number of halogens is 1. The van der Waals surface area contributed by atoms with Crippen molar-refractivity contribution in [3.63, 3.8) is 0 Å². The van der Waals surface area contributed by atoms with Gasteiger partial charge < -0.3 is 9.47 Å². The van der Waals surface area contributed by atoms with Crippen molar-refractivity contribution in [3.8, 4) is 0 Å². The molecule has 0 bridgehead atoms. The van der Waals surface area contributed by atoms with E-state index in [0.717, 1.165) is 17.5 Å². The van der Waals surface area contributed by atoms with Gasteiger partial charge in [-0.05, 0) is 6.08 Å². The van der Waals surface area contributed by atoms with Crippen LogP contribution in [-0.4, -0.2) is 17.7 Å². The van der Waals surface area contributed by atoms with Gasteiger partial charge in [-0.25, -0.2) is 0 Å². The van der Waals surface area contributed by atoms with Gasteiger partial charge in [0.15, 0.2) is 0 Å². The molecule has 1 aliphatic heterocycles. The Bertz CT molecular complexity index is 163. The molecule has 0 spiro atoms. The number of alkyl halides is 1. The molecule has 0 aliphatic carbocycles. The van der Waals surface area contributed by atoms with E-state index in [1.54, 1.807) is 0 Å². The number of ether oxygens (including phenoxy) is 2. The van der Waals surface area contributed by atoms with E-state index >= 15 is 0 Å². The molecular weight excluding hydrogens is 208 g/mol. The third-order valence-corrected chi connectivity index (χ3v) is 1.86. The maximum atomic E-state index is 5.52. The molecule has 0 saturated carbocycles. The molecule has 0 saturated heterocycles. The molecule has 0 aromatic heterocycles. The first-order chi connectivity index (χ1) is 5.14. The molecule has 3 heteroatoms. The smallest absolute Gasteiger partial charge is 0.204 e. The van der Waals surface area contributed by atoms with Crippen LogP contribution in [0.4, 0.5) is 0 Å². The molecule has 0 atom stereocenters. The highest BCUT2D eigenvalue weighted by Crippen LogP contribution is 2.22. The lowest BCUT2D eigenvalue weighted by atomic mass is 10.3. The van der Waals surface area contributed by atoms with E-state index in [2.05, 4.69) is 15.9 Å². The average Bonchev–Trinajstić information content (AvgIpc) is 1.85. The fourth-order valence-electron chi connectivity index (χ4n) is 0.968. The number of allylic oxidation sites excluding steroid dienone is 1. The molecule has 64 valence electrons. The highest BCUT2D eigenvalue weighted by Gasteiger charge is 2.23. The zero-order chi connectivity index (χ0) is 8.32. The number of hydrogen-bond donors (Lipinski definition) is 0. The van der Waals surface area contributed by atoms with Crippen molar-refractivity contribution in [1.82, 2.24) is 0 Å². The molecule has 0 fully saturated rings. The van der Waals surface area contributed by atoms with Crippen molar-refractivity contribution in [2.75, 3.05) is 11.9 Å². The van der Waals surface area contributed by atoms with Crippen LogP contribution in [0.15, 0.2) is 11.8 Å². The van der Waals surface area contributed by atoms with Crippen LogP contribution in [0.5, 0.6) is 0 Å². The van der Waals surface area contributed by atoms with Gasteiger partial charge in [-0.2, -0.15) is 0 Å². The van der Waals surface area contributed by atoms with Crippen LogP contribution in [0.25, 0.3) is 0 Å². The summed E-state index contributed by atoms with van der Waals surface area (Å²) in [5.74, 6) is 0.588. The molecule has 1 aliphatic rings. The van der Waals surface area contributed by atoms with Gasteiger partial charge in [0.05, 0.1) is 12.4 Å². The Hall–Kier alpha value is -0.0200. The summed E-state index contributed by atoms with van der Waals surface area (Å²) in [7, 11) is 0. The Kier molecular flexibility index (Phi) is 2.96. The van der Waals surface area contributed by atoms with Crippen molar-refractivity contribution < 1.29 is 9.47 Å². The summed E-state index contributed by atoms with van der Waals surface area (Å²) in [6.07, 6.45) is 2.92. The van der Waals surface area contributed by atoms with E-state index < -0.39 is 5.79 Å². The summed E-state index contributed by atoms with van der Waals surface area (Å²) in [4.78, 5) is 0. The van der Waals surface area contributed by atoms with Crippen LogP contribution in [0.1, 0.15) is 20.3 Å². The van der Waals surface area contributed by atoms with Gasteiger partial charge in [-0.1, -0.05) is 15.9 Å². The van der Waals surface area contributed by atoms with Gasteiger partial charge in [0.2, 0.25) is 5.79 Å². The largest absolute Gasteiger partial charge is 0.468 e. The maximum absolute atomic E-state index is 5.52.